The largest absolute Gasteiger partial charge is 0.497 e. The third-order valence-electron chi connectivity index (χ3n) is 5.79. The van der Waals surface area contributed by atoms with Crippen LogP contribution in [0.25, 0.3) is 16.7 Å². The molecule has 0 bridgehead atoms. The number of hydrogen-bond donors (Lipinski definition) is 0. The molecule has 9 nitrogen and oxygen atoms in total. The molecule has 0 aliphatic carbocycles. The quantitative estimate of drug-likeness (QED) is 0.275. The molecule has 9 heteroatoms. The van der Waals surface area contributed by atoms with Crippen molar-refractivity contribution in [3.63, 3.8) is 0 Å². The summed E-state index contributed by atoms with van der Waals surface area (Å²) >= 11 is 0. The summed E-state index contributed by atoms with van der Waals surface area (Å²) in [4.78, 5) is 14.9. The van der Waals surface area contributed by atoms with Crippen LogP contribution in [0.15, 0.2) is 58.6 Å². The monoisotopic (exact) mass is 444 g/mol. The molecular weight excluding hydrogens is 420 g/mol. The van der Waals surface area contributed by atoms with Crippen molar-refractivity contribution in [1.82, 2.24) is 24.1 Å². The smallest absolute Gasteiger partial charge is 0.192 e. The van der Waals surface area contributed by atoms with Crippen LogP contribution in [-0.4, -0.2) is 37.0 Å². The van der Waals surface area contributed by atoms with Gasteiger partial charge in [0.2, 0.25) is 0 Å². The van der Waals surface area contributed by atoms with Gasteiger partial charge in [-0.25, -0.2) is 14.5 Å². The highest BCUT2D eigenvalue weighted by Crippen LogP contribution is 2.27. The highest BCUT2D eigenvalue weighted by atomic mass is 16.6. The maximum absolute atomic E-state index is 5.54. The molecule has 0 aliphatic heterocycles. The first-order valence-corrected chi connectivity index (χ1v) is 10.6. The molecule has 0 saturated heterocycles. The lowest BCUT2D eigenvalue weighted by Crippen LogP contribution is -2.02. The van der Waals surface area contributed by atoms with Gasteiger partial charge in [-0.05, 0) is 68.3 Å². The number of fused-ring (bicyclic) bond motifs is 3. The SMILES string of the molecule is COc1ccc(/C(C)=N/OCc2nc3c4c(C)c(C)n(Cc5ccco5)c4ncn3n2)cc1. The zero-order valence-electron chi connectivity index (χ0n) is 18.9. The summed E-state index contributed by atoms with van der Waals surface area (Å²) in [6, 6.07) is 11.5. The Hall–Kier alpha value is -4.14. The van der Waals surface area contributed by atoms with E-state index in [1.54, 1.807) is 24.2 Å². The van der Waals surface area contributed by atoms with Crippen molar-refractivity contribution in [2.24, 2.45) is 5.16 Å². The van der Waals surface area contributed by atoms with Gasteiger partial charge in [0.05, 0.1) is 31.0 Å². The molecule has 0 amide bonds. The average molecular weight is 444 g/mol. The first-order valence-electron chi connectivity index (χ1n) is 10.6. The zero-order valence-corrected chi connectivity index (χ0v) is 18.9. The van der Waals surface area contributed by atoms with E-state index < -0.39 is 0 Å². The lowest BCUT2D eigenvalue weighted by molar-refractivity contribution is 0.125. The van der Waals surface area contributed by atoms with Gasteiger partial charge >= 0.3 is 0 Å². The Morgan fingerprint density at radius 3 is 2.67 bits per heavy atom. The maximum Gasteiger partial charge on any atom is 0.192 e. The molecule has 1 aromatic carbocycles. The average Bonchev–Trinajstić information content (AvgIpc) is 3.55. The van der Waals surface area contributed by atoms with Crippen molar-refractivity contribution < 1.29 is 14.0 Å². The van der Waals surface area contributed by atoms with Gasteiger partial charge in [0.25, 0.3) is 0 Å². The molecule has 0 N–H and O–H groups in total. The molecule has 5 aromatic rings. The Morgan fingerprint density at radius 1 is 1.12 bits per heavy atom. The molecule has 5 rings (SSSR count). The number of aryl methyl sites for hydroxylation is 1. The fourth-order valence-electron chi connectivity index (χ4n) is 3.86. The molecule has 168 valence electrons. The number of aromatic nitrogens is 5. The van der Waals surface area contributed by atoms with Gasteiger partial charge in [-0.3, -0.25) is 0 Å². The number of rotatable bonds is 7. The second-order valence-electron chi connectivity index (χ2n) is 7.79. The molecule has 0 aliphatic rings. The molecule has 4 heterocycles. The van der Waals surface area contributed by atoms with Gasteiger partial charge in [-0.2, -0.15) is 0 Å². The van der Waals surface area contributed by atoms with Crippen LogP contribution in [0.5, 0.6) is 5.75 Å². The Kier molecular flexibility index (Phi) is 5.29. The summed E-state index contributed by atoms with van der Waals surface area (Å²) in [6.07, 6.45) is 3.36. The number of oxime groups is 1. The van der Waals surface area contributed by atoms with Crippen molar-refractivity contribution in [3.05, 3.63) is 77.4 Å². The van der Waals surface area contributed by atoms with E-state index in [2.05, 4.69) is 33.7 Å². The number of benzene rings is 1. The van der Waals surface area contributed by atoms with Crippen LogP contribution in [0.1, 0.15) is 35.3 Å². The molecule has 0 radical (unpaired) electrons. The summed E-state index contributed by atoms with van der Waals surface area (Å²) in [6.45, 7) is 6.80. The van der Waals surface area contributed by atoms with Crippen LogP contribution in [0.2, 0.25) is 0 Å². The number of ether oxygens (including phenoxy) is 1. The normalized spacial score (nSPS) is 12.1. The van der Waals surface area contributed by atoms with Gasteiger partial charge < -0.3 is 18.6 Å². The summed E-state index contributed by atoms with van der Waals surface area (Å²) in [5.74, 6) is 2.20. The van der Waals surface area contributed by atoms with E-state index >= 15 is 0 Å². The van der Waals surface area contributed by atoms with Gasteiger partial charge in [0.1, 0.15) is 23.5 Å². The highest BCUT2D eigenvalue weighted by Gasteiger charge is 2.18. The molecular formula is C24H24N6O3. The highest BCUT2D eigenvalue weighted by molar-refractivity contribution is 5.98. The lowest BCUT2D eigenvalue weighted by atomic mass is 10.1. The molecule has 0 saturated carbocycles. The molecule has 0 unspecified atom stereocenters. The van der Waals surface area contributed by atoms with Crippen LogP contribution in [0.3, 0.4) is 0 Å². The predicted octanol–water partition coefficient (Wildman–Crippen LogP) is 4.29. The Labute approximate surface area is 190 Å². The lowest BCUT2D eigenvalue weighted by Gasteiger charge is -2.05. The fourth-order valence-corrected chi connectivity index (χ4v) is 3.86. The van der Waals surface area contributed by atoms with Crippen molar-refractivity contribution in [3.8, 4) is 5.75 Å². The van der Waals surface area contributed by atoms with Crippen LogP contribution in [-0.2, 0) is 18.0 Å². The second kappa shape index (κ2) is 8.42. The van der Waals surface area contributed by atoms with Crippen LogP contribution >= 0.6 is 0 Å². The van der Waals surface area contributed by atoms with Crippen molar-refractivity contribution in [1.29, 1.82) is 0 Å². The first-order chi connectivity index (χ1) is 16.0. The fraction of sp³-hybridized carbons (Fsp3) is 0.250. The topological polar surface area (TPSA) is 92.0 Å². The summed E-state index contributed by atoms with van der Waals surface area (Å²) in [5.41, 5.74) is 5.53. The Morgan fingerprint density at radius 2 is 1.94 bits per heavy atom. The van der Waals surface area contributed by atoms with Gasteiger partial charge in [0.15, 0.2) is 18.1 Å². The molecule has 33 heavy (non-hydrogen) atoms. The van der Waals surface area contributed by atoms with Crippen molar-refractivity contribution in [2.75, 3.05) is 7.11 Å². The maximum atomic E-state index is 5.54. The zero-order chi connectivity index (χ0) is 22.9. The summed E-state index contributed by atoms with van der Waals surface area (Å²) < 4.78 is 14.5. The van der Waals surface area contributed by atoms with Crippen molar-refractivity contribution in [2.45, 2.75) is 33.9 Å². The third-order valence-corrected chi connectivity index (χ3v) is 5.79. The van der Waals surface area contributed by atoms with Gasteiger partial charge in [0, 0.05) is 5.69 Å². The van der Waals surface area contributed by atoms with E-state index in [0.29, 0.717) is 12.4 Å². The van der Waals surface area contributed by atoms with Gasteiger partial charge in [-0.15, -0.1) is 5.10 Å². The predicted molar refractivity (Wildman–Crippen MR) is 124 cm³/mol. The third kappa shape index (κ3) is 3.82. The van der Waals surface area contributed by atoms with Gasteiger partial charge in [-0.1, -0.05) is 5.16 Å². The number of methoxy groups -OCH3 is 1. The van der Waals surface area contributed by atoms with Crippen molar-refractivity contribution >= 4 is 22.4 Å². The minimum Gasteiger partial charge on any atom is -0.497 e. The standard InChI is InChI=1S/C24H24N6O3/c1-15-17(3)29(12-20-6-5-11-32-20)23-22(15)24-26-21(27-30(24)14-25-23)13-33-28-16(2)18-7-9-19(31-4)10-8-18/h5-11,14H,12-13H2,1-4H3/b28-16+. The van der Waals surface area contributed by atoms with Crippen LogP contribution < -0.4 is 4.74 Å². The first kappa shape index (κ1) is 20.7. The number of furan rings is 1. The summed E-state index contributed by atoms with van der Waals surface area (Å²) in [7, 11) is 1.64. The van der Waals surface area contributed by atoms with E-state index in [9.17, 15) is 0 Å². The Balaban J connectivity index is 1.40. The van der Waals surface area contributed by atoms with Crippen LogP contribution in [0, 0.1) is 13.8 Å². The minimum absolute atomic E-state index is 0.155. The second-order valence-corrected chi connectivity index (χ2v) is 7.79. The number of nitrogens with zero attached hydrogens (tertiary/aromatic N) is 6. The van der Waals surface area contributed by atoms with E-state index in [1.165, 1.54) is 0 Å². The molecule has 0 fully saturated rings. The molecule has 4 aromatic heterocycles. The number of hydrogen-bond acceptors (Lipinski definition) is 7. The van der Waals surface area contributed by atoms with E-state index in [-0.39, 0.29) is 6.61 Å². The Bertz CT molecular complexity index is 1450. The molecule has 0 atom stereocenters. The minimum atomic E-state index is 0.155. The van der Waals surface area contributed by atoms with E-state index in [1.807, 2.05) is 43.3 Å². The van der Waals surface area contributed by atoms with Crippen LogP contribution in [0.4, 0.5) is 0 Å². The van der Waals surface area contributed by atoms with E-state index in [4.69, 9.17) is 19.0 Å². The molecule has 0 spiro atoms. The van der Waals surface area contributed by atoms with E-state index in [0.717, 1.165) is 50.7 Å². The summed E-state index contributed by atoms with van der Waals surface area (Å²) in [5, 5.41) is 9.70.